The minimum absolute atomic E-state index is 0.857. The van der Waals surface area contributed by atoms with Crippen LogP contribution in [0.3, 0.4) is 0 Å². The Bertz CT molecular complexity index is 3140. The Morgan fingerprint density at radius 3 is 1.31 bits per heavy atom. The number of furan rings is 1. The first-order valence-electron chi connectivity index (χ1n) is 19.9. The SMILES string of the molecule is c1ccc(N(c2ccccc2)c2ccc(N(c3ccccc3)c3ccccc3)c3c2sc2cccc(N(c4ccccc4)c4ccc5c(c4)oc4ccccc45)c23)cc1. The number of benzene rings is 9. The van der Waals surface area contributed by atoms with E-state index in [0.717, 1.165) is 73.1 Å². The van der Waals surface area contributed by atoms with Crippen LogP contribution < -0.4 is 14.7 Å². The summed E-state index contributed by atoms with van der Waals surface area (Å²) in [6.07, 6.45) is 0. The van der Waals surface area contributed by atoms with E-state index in [1.165, 1.54) is 20.2 Å². The molecule has 0 aliphatic rings. The maximum atomic E-state index is 6.50. The summed E-state index contributed by atoms with van der Waals surface area (Å²) in [5, 5.41) is 4.57. The van der Waals surface area contributed by atoms with Crippen LogP contribution in [0.25, 0.3) is 42.1 Å². The first-order chi connectivity index (χ1) is 29.3. The van der Waals surface area contributed by atoms with Crippen molar-refractivity contribution in [3.05, 3.63) is 224 Å². The summed E-state index contributed by atoms with van der Waals surface area (Å²) < 4.78 is 8.88. The molecule has 2 heterocycles. The van der Waals surface area contributed by atoms with Gasteiger partial charge in [0, 0.05) is 66.4 Å². The Morgan fingerprint density at radius 1 is 0.305 bits per heavy atom. The molecule has 0 aliphatic carbocycles. The predicted octanol–water partition coefficient (Wildman–Crippen LogP) is 16.4. The monoisotopic (exact) mass is 775 g/mol. The van der Waals surface area contributed by atoms with Crippen molar-refractivity contribution in [3.8, 4) is 0 Å². The summed E-state index contributed by atoms with van der Waals surface area (Å²) >= 11 is 1.84. The highest BCUT2D eigenvalue weighted by atomic mass is 32.1. The highest BCUT2D eigenvalue weighted by molar-refractivity contribution is 7.26. The number of rotatable bonds is 9. The van der Waals surface area contributed by atoms with Gasteiger partial charge < -0.3 is 19.1 Å². The van der Waals surface area contributed by atoms with Gasteiger partial charge in [-0.1, -0.05) is 115 Å². The highest BCUT2D eigenvalue weighted by Gasteiger charge is 2.27. The van der Waals surface area contributed by atoms with E-state index in [1.54, 1.807) is 0 Å². The number of anilines is 9. The fourth-order valence-electron chi connectivity index (χ4n) is 8.44. The molecule has 11 aromatic rings. The minimum atomic E-state index is 0.857. The van der Waals surface area contributed by atoms with Gasteiger partial charge in [0.2, 0.25) is 0 Å². The van der Waals surface area contributed by atoms with E-state index in [0.29, 0.717) is 0 Å². The third-order valence-electron chi connectivity index (χ3n) is 11.0. The number of thiophene rings is 1. The summed E-state index contributed by atoms with van der Waals surface area (Å²) in [5.41, 5.74) is 11.5. The topological polar surface area (TPSA) is 22.9 Å². The van der Waals surface area contributed by atoms with Gasteiger partial charge in [0.25, 0.3) is 0 Å². The van der Waals surface area contributed by atoms with Crippen molar-refractivity contribution in [3.63, 3.8) is 0 Å². The molecular weight excluding hydrogens is 739 g/mol. The van der Waals surface area contributed by atoms with Crippen LogP contribution in [0.5, 0.6) is 0 Å². The third-order valence-corrected chi connectivity index (χ3v) is 12.2. The number of fused-ring (bicyclic) bond motifs is 6. The summed E-state index contributed by atoms with van der Waals surface area (Å²) in [4.78, 5) is 7.18. The zero-order valence-corrected chi connectivity index (χ0v) is 32.8. The van der Waals surface area contributed by atoms with Crippen molar-refractivity contribution in [2.75, 3.05) is 14.7 Å². The molecule has 59 heavy (non-hydrogen) atoms. The number of para-hydroxylation sites is 6. The van der Waals surface area contributed by atoms with Crippen LogP contribution in [0.15, 0.2) is 229 Å². The molecule has 0 saturated heterocycles. The van der Waals surface area contributed by atoms with Crippen LogP contribution in [0.4, 0.5) is 51.2 Å². The first-order valence-corrected chi connectivity index (χ1v) is 20.7. The molecule has 280 valence electrons. The average molecular weight is 776 g/mol. The van der Waals surface area contributed by atoms with Gasteiger partial charge in [0.05, 0.1) is 21.8 Å². The molecule has 0 N–H and O–H groups in total. The molecular formula is C54H37N3OS. The van der Waals surface area contributed by atoms with Crippen molar-refractivity contribution in [1.82, 2.24) is 0 Å². The predicted molar refractivity (Wildman–Crippen MR) is 251 cm³/mol. The largest absolute Gasteiger partial charge is 0.456 e. The maximum absolute atomic E-state index is 6.50. The van der Waals surface area contributed by atoms with Crippen LogP contribution in [0, 0.1) is 0 Å². The quantitative estimate of drug-likeness (QED) is 0.146. The van der Waals surface area contributed by atoms with Gasteiger partial charge in [0.15, 0.2) is 0 Å². The summed E-state index contributed by atoms with van der Waals surface area (Å²) in [6.45, 7) is 0. The van der Waals surface area contributed by atoms with Crippen LogP contribution in [0.2, 0.25) is 0 Å². The molecule has 9 aromatic carbocycles. The zero-order valence-electron chi connectivity index (χ0n) is 32.0. The molecule has 0 spiro atoms. The third kappa shape index (κ3) is 6.08. The lowest BCUT2D eigenvalue weighted by Gasteiger charge is -2.30. The summed E-state index contributed by atoms with van der Waals surface area (Å²) in [5.74, 6) is 0. The second-order valence-electron chi connectivity index (χ2n) is 14.5. The molecule has 11 rings (SSSR count). The van der Waals surface area contributed by atoms with Gasteiger partial charge in [0.1, 0.15) is 11.2 Å². The fraction of sp³-hybridized carbons (Fsp3) is 0. The van der Waals surface area contributed by atoms with Crippen molar-refractivity contribution < 1.29 is 4.42 Å². The first kappa shape index (κ1) is 34.6. The van der Waals surface area contributed by atoms with Gasteiger partial charge in [-0.05, 0) is 103 Å². The van der Waals surface area contributed by atoms with Crippen LogP contribution in [-0.4, -0.2) is 0 Å². The Kier molecular flexibility index (Phi) is 8.64. The fourth-order valence-corrected chi connectivity index (χ4v) is 9.69. The van der Waals surface area contributed by atoms with E-state index < -0.39 is 0 Å². The molecule has 0 atom stereocenters. The lowest BCUT2D eigenvalue weighted by atomic mass is 10.0. The number of hydrogen-bond acceptors (Lipinski definition) is 5. The van der Waals surface area contributed by atoms with E-state index in [2.05, 4.69) is 227 Å². The van der Waals surface area contributed by atoms with E-state index in [9.17, 15) is 0 Å². The van der Waals surface area contributed by atoms with Crippen LogP contribution in [-0.2, 0) is 0 Å². The van der Waals surface area contributed by atoms with Gasteiger partial charge >= 0.3 is 0 Å². The molecule has 0 amide bonds. The van der Waals surface area contributed by atoms with Gasteiger partial charge in [-0.3, -0.25) is 0 Å². The second kappa shape index (κ2) is 14.7. The number of hydrogen-bond donors (Lipinski definition) is 0. The van der Waals surface area contributed by atoms with Gasteiger partial charge in [-0.15, -0.1) is 11.3 Å². The maximum Gasteiger partial charge on any atom is 0.137 e. The Balaban J connectivity index is 1.25. The summed E-state index contributed by atoms with van der Waals surface area (Å²) in [6, 6.07) is 79.7. The normalized spacial score (nSPS) is 11.4. The van der Waals surface area contributed by atoms with Crippen LogP contribution in [0.1, 0.15) is 0 Å². The summed E-state index contributed by atoms with van der Waals surface area (Å²) in [7, 11) is 0. The van der Waals surface area contributed by atoms with Gasteiger partial charge in [-0.2, -0.15) is 0 Å². The Morgan fingerprint density at radius 2 is 0.746 bits per heavy atom. The van der Waals surface area contributed by atoms with E-state index >= 15 is 0 Å². The molecule has 0 bridgehead atoms. The zero-order chi connectivity index (χ0) is 39.1. The Labute approximate surface area is 346 Å². The molecule has 0 aliphatic heterocycles. The molecule has 0 fully saturated rings. The van der Waals surface area contributed by atoms with E-state index in [-0.39, 0.29) is 0 Å². The van der Waals surface area contributed by atoms with E-state index in [4.69, 9.17) is 4.42 Å². The van der Waals surface area contributed by atoms with Crippen molar-refractivity contribution >= 4 is 105 Å². The molecule has 0 saturated carbocycles. The minimum Gasteiger partial charge on any atom is -0.456 e. The Hall–Kier alpha value is -7.60. The van der Waals surface area contributed by atoms with E-state index in [1.807, 2.05) is 23.5 Å². The number of nitrogens with zero attached hydrogens (tertiary/aromatic N) is 3. The molecule has 5 heteroatoms. The molecule has 2 aromatic heterocycles. The molecule has 0 unspecified atom stereocenters. The second-order valence-corrected chi connectivity index (χ2v) is 15.6. The van der Waals surface area contributed by atoms with Crippen molar-refractivity contribution in [2.24, 2.45) is 0 Å². The lowest BCUT2D eigenvalue weighted by Crippen LogP contribution is -2.13. The lowest BCUT2D eigenvalue weighted by molar-refractivity contribution is 0.669. The smallest absolute Gasteiger partial charge is 0.137 e. The highest BCUT2D eigenvalue weighted by Crippen LogP contribution is 2.54. The molecule has 0 radical (unpaired) electrons. The standard InChI is InChI=1S/C54H37N3OS/c1-6-19-38(20-7-1)55(39-21-8-2-9-22-39)47-35-36-48(56(40-23-10-3-11-24-40)41-25-12-4-13-26-41)54-53(47)52-46(30-18-32-51(52)59-54)57(42-27-14-5-15-28-42)43-33-34-45-44-29-16-17-31-49(44)58-50(45)37-43/h1-37H. The van der Waals surface area contributed by atoms with Gasteiger partial charge in [-0.25, -0.2) is 0 Å². The van der Waals surface area contributed by atoms with Crippen molar-refractivity contribution in [1.29, 1.82) is 0 Å². The van der Waals surface area contributed by atoms with Crippen molar-refractivity contribution in [2.45, 2.75) is 0 Å². The van der Waals surface area contributed by atoms with Crippen LogP contribution >= 0.6 is 11.3 Å². The average Bonchev–Trinajstić information content (AvgIpc) is 3.89. The molecule has 4 nitrogen and oxygen atoms in total.